The normalized spacial score (nSPS) is 11.2. The van der Waals surface area contributed by atoms with Gasteiger partial charge in [0.05, 0.1) is 24.2 Å². The lowest BCUT2D eigenvalue weighted by Crippen LogP contribution is -2.39. The molecule has 0 aliphatic heterocycles. The van der Waals surface area contributed by atoms with E-state index in [1.165, 1.54) is 21.7 Å². The van der Waals surface area contributed by atoms with Crippen LogP contribution in [0.1, 0.15) is 37.0 Å². The molecule has 36 heavy (non-hydrogen) atoms. The molecule has 4 rings (SSSR count). The monoisotopic (exact) mass is 494 g/mol. The summed E-state index contributed by atoms with van der Waals surface area (Å²) in [5, 5.41) is 9.47. The van der Waals surface area contributed by atoms with Gasteiger partial charge in [0.2, 0.25) is 5.95 Å². The SMILES string of the molecule is CCCn1c(=O)c2[nH]c(-c3ccc(N(CCO)C(=O)c4ccc(F)nc4)nc3)cc2n(CCC)c1=O. The van der Waals surface area contributed by atoms with Crippen LogP contribution in [0, 0.1) is 5.95 Å². The van der Waals surface area contributed by atoms with Gasteiger partial charge in [-0.25, -0.2) is 14.8 Å². The van der Waals surface area contributed by atoms with Crippen molar-refractivity contribution < 1.29 is 14.3 Å². The first-order chi connectivity index (χ1) is 17.4. The second kappa shape index (κ2) is 10.6. The summed E-state index contributed by atoms with van der Waals surface area (Å²) in [6.07, 6.45) is 4.05. The number of hydrogen-bond acceptors (Lipinski definition) is 6. The number of anilines is 1. The first-order valence-corrected chi connectivity index (χ1v) is 11.8. The topological polar surface area (TPSA) is 126 Å². The average Bonchev–Trinajstić information content (AvgIpc) is 3.33. The first kappa shape index (κ1) is 25.0. The Kier molecular flexibility index (Phi) is 7.39. The van der Waals surface area contributed by atoms with Crippen molar-refractivity contribution in [2.24, 2.45) is 0 Å². The largest absolute Gasteiger partial charge is 0.395 e. The summed E-state index contributed by atoms with van der Waals surface area (Å²) in [6.45, 7) is 4.36. The minimum atomic E-state index is -0.702. The number of aliphatic hydroxyl groups excluding tert-OH is 1. The third kappa shape index (κ3) is 4.69. The fraction of sp³-hybridized carbons (Fsp3) is 0.320. The van der Waals surface area contributed by atoms with Crippen LogP contribution in [0.2, 0.25) is 0 Å². The van der Waals surface area contributed by atoms with E-state index in [0.29, 0.717) is 41.8 Å². The predicted molar refractivity (Wildman–Crippen MR) is 134 cm³/mol. The van der Waals surface area contributed by atoms with Gasteiger partial charge in [-0.15, -0.1) is 0 Å². The zero-order valence-electron chi connectivity index (χ0n) is 20.1. The van der Waals surface area contributed by atoms with E-state index < -0.39 is 11.9 Å². The van der Waals surface area contributed by atoms with Crippen LogP contribution >= 0.6 is 0 Å². The number of aryl methyl sites for hydroxylation is 1. The van der Waals surface area contributed by atoms with Gasteiger partial charge in [0, 0.05) is 36.7 Å². The van der Waals surface area contributed by atoms with Crippen molar-refractivity contribution in [2.75, 3.05) is 18.1 Å². The lowest BCUT2D eigenvalue weighted by molar-refractivity contribution is 0.0979. The molecule has 4 aromatic heterocycles. The summed E-state index contributed by atoms with van der Waals surface area (Å²) in [6, 6.07) is 7.49. The fourth-order valence-electron chi connectivity index (χ4n) is 4.09. The molecule has 2 N–H and O–H groups in total. The average molecular weight is 495 g/mol. The van der Waals surface area contributed by atoms with Crippen LogP contribution in [-0.4, -0.2) is 48.3 Å². The third-order valence-electron chi connectivity index (χ3n) is 5.78. The Morgan fingerprint density at radius 1 is 1.06 bits per heavy atom. The van der Waals surface area contributed by atoms with Crippen LogP contribution in [0.4, 0.5) is 10.2 Å². The van der Waals surface area contributed by atoms with Gasteiger partial charge in [-0.1, -0.05) is 13.8 Å². The number of fused-ring (bicyclic) bond motifs is 1. The number of rotatable bonds is 9. The van der Waals surface area contributed by atoms with Crippen LogP contribution < -0.4 is 16.1 Å². The van der Waals surface area contributed by atoms with Crippen molar-refractivity contribution in [3.63, 3.8) is 0 Å². The van der Waals surface area contributed by atoms with Gasteiger partial charge in [0.1, 0.15) is 11.3 Å². The third-order valence-corrected chi connectivity index (χ3v) is 5.78. The predicted octanol–water partition coefficient (Wildman–Crippen LogP) is 2.55. The second-order valence-corrected chi connectivity index (χ2v) is 8.29. The number of nitrogens with one attached hydrogen (secondary N) is 1. The molecule has 1 amide bonds. The minimum Gasteiger partial charge on any atom is -0.395 e. The standard InChI is InChI=1S/C25H27FN6O4/c1-3-9-30-19-13-18(29-22(19)24(35)32(10-4-2)25(30)36)16-6-8-21(28-14-16)31(11-12-33)23(34)17-5-7-20(26)27-15-17/h5-8,13-15,29,33H,3-4,9-12H2,1-2H3. The molecule has 0 atom stereocenters. The molecule has 0 bridgehead atoms. The molecule has 10 nitrogen and oxygen atoms in total. The summed E-state index contributed by atoms with van der Waals surface area (Å²) in [7, 11) is 0. The highest BCUT2D eigenvalue weighted by Gasteiger charge is 2.20. The van der Waals surface area contributed by atoms with Crippen molar-refractivity contribution >= 4 is 22.8 Å². The van der Waals surface area contributed by atoms with Gasteiger partial charge in [-0.3, -0.25) is 23.6 Å². The quantitative estimate of drug-likeness (QED) is 0.345. The van der Waals surface area contributed by atoms with E-state index in [4.69, 9.17) is 0 Å². The van der Waals surface area contributed by atoms with Crippen molar-refractivity contribution in [3.8, 4) is 11.3 Å². The Bertz CT molecular complexity index is 1490. The molecule has 0 spiro atoms. The molecule has 0 unspecified atom stereocenters. The summed E-state index contributed by atoms with van der Waals surface area (Å²) < 4.78 is 16.0. The number of aliphatic hydroxyl groups is 1. The van der Waals surface area contributed by atoms with Gasteiger partial charge >= 0.3 is 5.69 Å². The van der Waals surface area contributed by atoms with Gasteiger partial charge in [0.25, 0.3) is 11.5 Å². The number of nitrogens with zero attached hydrogens (tertiary/aromatic N) is 5. The Morgan fingerprint density at radius 3 is 2.42 bits per heavy atom. The minimum absolute atomic E-state index is 0.0186. The highest BCUT2D eigenvalue weighted by molar-refractivity contribution is 6.05. The van der Waals surface area contributed by atoms with E-state index in [9.17, 15) is 23.9 Å². The number of carbonyl (C=O) groups excluding carboxylic acids is 1. The Hall–Kier alpha value is -4.12. The van der Waals surface area contributed by atoms with Gasteiger partial charge in [0.15, 0.2) is 0 Å². The number of halogens is 1. The van der Waals surface area contributed by atoms with E-state index in [-0.39, 0.29) is 35.8 Å². The number of pyridine rings is 2. The smallest absolute Gasteiger partial charge is 0.331 e. The van der Waals surface area contributed by atoms with E-state index in [2.05, 4.69) is 15.0 Å². The van der Waals surface area contributed by atoms with Crippen molar-refractivity contribution in [1.29, 1.82) is 0 Å². The summed E-state index contributed by atoms with van der Waals surface area (Å²) in [4.78, 5) is 51.1. The molecule has 4 aromatic rings. The van der Waals surface area contributed by atoms with Crippen LogP contribution in [0.3, 0.4) is 0 Å². The van der Waals surface area contributed by atoms with Crippen LogP contribution in [-0.2, 0) is 13.1 Å². The molecule has 188 valence electrons. The van der Waals surface area contributed by atoms with E-state index in [1.54, 1.807) is 22.8 Å². The van der Waals surface area contributed by atoms with Crippen molar-refractivity contribution in [3.05, 3.63) is 75.1 Å². The van der Waals surface area contributed by atoms with Crippen molar-refractivity contribution in [2.45, 2.75) is 39.8 Å². The molecular weight excluding hydrogens is 467 g/mol. The summed E-state index contributed by atoms with van der Waals surface area (Å²) >= 11 is 0. The summed E-state index contributed by atoms with van der Waals surface area (Å²) in [5.74, 6) is -0.902. The zero-order valence-corrected chi connectivity index (χ0v) is 20.1. The van der Waals surface area contributed by atoms with Crippen LogP contribution in [0.15, 0.2) is 52.3 Å². The Morgan fingerprint density at radius 2 is 1.81 bits per heavy atom. The van der Waals surface area contributed by atoms with Crippen LogP contribution in [0.5, 0.6) is 0 Å². The Labute approximate surface area is 205 Å². The molecule has 11 heteroatoms. The maximum absolute atomic E-state index is 13.1. The number of H-pyrrole nitrogens is 1. The lowest BCUT2D eigenvalue weighted by atomic mass is 10.2. The van der Waals surface area contributed by atoms with Crippen molar-refractivity contribution in [1.82, 2.24) is 24.1 Å². The molecule has 0 saturated heterocycles. The van der Waals surface area contributed by atoms with Gasteiger partial charge in [-0.2, -0.15) is 4.39 Å². The lowest BCUT2D eigenvalue weighted by Gasteiger charge is -2.20. The molecule has 0 saturated carbocycles. The van der Waals surface area contributed by atoms with E-state index >= 15 is 0 Å². The van der Waals surface area contributed by atoms with E-state index in [1.807, 2.05) is 13.8 Å². The number of amides is 1. The van der Waals surface area contributed by atoms with Gasteiger partial charge in [-0.05, 0) is 43.2 Å². The second-order valence-electron chi connectivity index (χ2n) is 8.29. The number of carbonyl (C=O) groups is 1. The highest BCUT2D eigenvalue weighted by atomic mass is 19.1. The summed E-state index contributed by atoms with van der Waals surface area (Å²) in [5.41, 5.74) is 1.57. The molecule has 4 heterocycles. The Balaban J connectivity index is 1.72. The molecule has 0 radical (unpaired) electrons. The fourth-order valence-corrected chi connectivity index (χ4v) is 4.09. The molecule has 0 aromatic carbocycles. The zero-order chi connectivity index (χ0) is 25.8. The molecule has 0 aliphatic rings. The number of aromatic amines is 1. The molecular formula is C25H27FN6O4. The van der Waals surface area contributed by atoms with Crippen LogP contribution in [0.25, 0.3) is 22.3 Å². The maximum Gasteiger partial charge on any atom is 0.331 e. The van der Waals surface area contributed by atoms with E-state index in [0.717, 1.165) is 18.7 Å². The molecule has 0 aliphatic carbocycles. The number of aromatic nitrogens is 5. The first-order valence-electron chi connectivity index (χ1n) is 11.8. The maximum atomic E-state index is 13.1. The molecule has 0 fully saturated rings. The van der Waals surface area contributed by atoms with Gasteiger partial charge < -0.3 is 10.1 Å². The number of hydrogen-bond donors (Lipinski definition) is 2. The highest BCUT2D eigenvalue weighted by Crippen LogP contribution is 2.24.